The Labute approximate surface area is 190 Å². The maximum Gasteiger partial charge on any atom is 0.134 e. The number of nitriles is 1. The van der Waals surface area contributed by atoms with E-state index in [9.17, 15) is 9.65 Å². The van der Waals surface area contributed by atoms with Gasteiger partial charge >= 0.3 is 0 Å². The van der Waals surface area contributed by atoms with Crippen molar-refractivity contribution in [2.24, 2.45) is 0 Å². The summed E-state index contributed by atoms with van der Waals surface area (Å²) in [6.45, 7) is 6.14. The average molecular weight is 449 g/mol. The summed E-state index contributed by atoms with van der Waals surface area (Å²) < 4.78 is 15.1. The molecule has 4 unspecified atom stereocenters. The maximum absolute atomic E-state index is 14.0. The first kappa shape index (κ1) is 19.9. The SMILES string of the molecule is CC1CN(c2ccc(C#N)c3ncsc23)CC2c3ccc(NC4CNCC4F)cc3CN12. The van der Waals surface area contributed by atoms with Gasteiger partial charge in [-0.3, -0.25) is 4.90 Å². The lowest BCUT2D eigenvalue weighted by atomic mass is 10.0. The number of nitrogens with one attached hydrogen (secondary N) is 2. The van der Waals surface area contributed by atoms with Crippen molar-refractivity contribution in [1.29, 1.82) is 5.26 Å². The number of alkyl halides is 1. The summed E-state index contributed by atoms with van der Waals surface area (Å²) in [7, 11) is 0. The topological polar surface area (TPSA) is 67.2 Å². The van der Waals surface area contributed by atoms with Crippen LogP contribution in [0, 0.1) is 11.3 Å². The summed E-state index contributed by atoms with van der Waals surface area (Å²) in [5.41, 5.74) is 8.14. The van der Waals surface area contributed by atoms with Gasteiger partial charge < -0.3 is 15.5 Å². The summed E-state index contributed by atoms with van der Waals surface area (Å²) >= 11 is 1.60. The number of hydrogen-bond acceptors (Lipinski definition) is 7. The van der Waals surface area contributed by atoms with Crippen LogP contribution in [-0.2, 0) is 6.54 Å². The molecule has 6 nitrogen and oxygen atoms in total. The number of rotatable bonds is 3. The second-order valence-electron chi connectivity index (χ2n) is 9.05. The Bertz CT molecular complexity index is 1220. The van der Waals surface area contributed by atoms with Crippen LogP contribution in [0.2, 0.25) is 0 Å². The first-order chi connectivity index (χ1) is 15.6. The lowest BCUT2D eigenvalue weighted by Crippen LogP contribution is -2.51. The fourth-order valence-corrected chi connectivity index (χ4v) is 6.35. The lowest BCUT2D eigenvalue weighted by molar-refractivity contribution is 0.134. The highest BCUT2D eigenvalue weighted by Crippen LogP contribution is 2.42. The van der Waals surface area contributed by atoms with Gasteiger partial charge in [0.2, 0.25) is 0 Å². The second-order valence-corrected chi connectivity index (χ2v) is 9.91. The van der Waals surface area contributed by atoms with E-state index >= 15 is 0 Å². The second kappa shape index (κ2) is 7.69. The summed E-state index contributed by atoms with van der Waals surface area (Å²) in [5, 5.41) is 15.9. The molecule has 0 saturated carbocycles. The van der Waals surface area contributed by atoms with Crippen LogP contribution < -0.4 is 15.5 Å². The number of benzene rings is 2. The van der Waals surface area contributed by atoms with Crippen molar-refractivity contribution >= 4 is 32.9 Å². The van der Waals surface area contributed by atoms with Gasteiger partial charge in [0.25, 0.3) is 0 Å². The smallest absolute Gasteiger partial charge is 0.134 e. The van der Waals surface area contributed by atoms with E-state index in [0.29, 0.717) is 30.7 Å². The van der Waals surface area contributed by atoms with Crippen LogP contribution in [0.25, 0.3) is 10.2 Å². The van der Waals surface area contributed by atoms with Crippen molar-refractivity contribution in [2.45, 2.75) is 37.8 Å². The Morgan fingerprint density at radius 2 is 2.16 bits per heavy atom. The minimum absolute atomic E-state index is 0.162. The Hall–Kier alpha value is -2.73. The van der Waals surface area contributed by atoms with Gasteiger partial charge in [0, 0.05) is 44.5 Å². The fourth-order valence-electron chi connectivity index (χ4n) is 5.49. The van der Waals surface area contributed by atoms with E-state index in [0.717, 1.165) is 35.5 Å². The molecule has 4 atom stereocenters. The zero-order chi connectivity index (χ0) is 21.8. The fraction of sp³-hybridized carbons (Fsp3) is 0.417. The standard InChI is InChI=1S/C24H25FN6S/c1-14-10-30(21-5-2-15(7-26)23-24(21)32-13-28-23)12-22-18-4-3-17(6-16(18)11-31(14)22)29-20-9-27-8-19(20)25/h2-6,13-14,19-20,22,27,29H,8-12H2,1H3. The monoisotopic (exact) mass is 448 g/mol. The molecule has 0 aliphatic carbocycles. The van der Waals surface area contributed by atoms with E-state index in [1.165, 1.54) is 16.8 Å². The number of halogens is 1. The molecule has 2 N–H and O–H groups in total. The molecule has 2 fully saturated rings. The van der Waals surface area contributed by atoms with Crippen molar-refractivity contribution in [3.8, 4) is 6.07 Å². The first-order valence-corrected chi connectivity index (χ1v) is 12.0. The molecule has 0 amide bonds. The van der Waals surface area contributed by atoms with Gasteiger partial charge in [-0.2, -0.15) is 5.26 Å². The lowest BCUT2D eigenvalue weighted by Gasteiger charge is -2.43. The number of hydrogen-bond donors (Lipinski definition) is 2. The molecule has 8 heteroatoms. The molecular formula is C24H25FN6S. The van der Waals surface area contributed by atoms with Gasteiger partial charge in [-0.1, -0.05) is 6.07 Å². The molecule has 3 aliphatic rings. The third-order valence-electron chi connectivity index (χ3n) is 7.12. The highest BCUT2D eigenvalue weighted by Gasteiger charge is 2.39. The van der Waals surface area contributed by atoms with Gasteiger partial charge in [-0.25, -0.2) is 9.37 Å². The molecule has 0 spiro atoms. The van der Waals surface area contributed by atoms with Crippen LogP contribution in [0.5, 0.6) is 0 Å². The number of fused-ring (bicyclic) bond motifs is 4. The number of piperazine rings is 1. The van der Waals surface area contributed by atoms with Crippen LogP contribution in [0.1, 0.15) is 29.7 Å². The van der Waals surface area contributed by atoms with Gasteiger partial charge in [-0.15, -0.1) is 11.3 Å². The van der Waals surface area contributed by atoms with E-state index in [1.807, 2.05) is 11.6 Å². The quantitative estimate of drug-likeness (QED) is 0.638. The molecule has 2 aromatic carbocycles. The number of thiazole rings is 1. The molecule has 2 saturated heterocycles. The van der Waals surface area contributed by atoms with Crippen LogP contribution in [-0.4, -0.2) is 54.3 Å². The van der Waals surface area contributed by atoms with Crippen molar-refractivity contribution in [2.75, 3.05) is 36.4 Å². The van der Waals surface area contributed by atoms with Crippen molar-refractivity contribution in [3.05, 3.63) is 52.5 Å². The Kier molecular flexibility index (Phi) is 4.79. The largest absolute Gasteiger partial charge is 0.378 e. The molecule has 32 heavy (non-hydrogen) atoms. The maximum atomic E-state index is 14.0. The van der Waals surface area contributed by atoms with Gasteiger partial charge in [0.1, 0.15) is 17.8 Å². The van der Waals surface area contributed by atoms with Crippen LogP contribution in [0.3, 0.4) is 0 Å². The van der Waals surface area contributed by atoms with Crippen molar-refractivity contribution in [3.63, 3.8) is 0 Å². The number of aromatic nitrogens is 1. The Morgan fingerprint density at radius 1 is 1.25 bits per heavy atom. The molecule has 4 heterocycles. The summed E-state index contributed by atoms with van der Waals surface area (Å²) in [6, 6.07) is 13.3. The van der Waals surface area contributed by atoms with E-state index in [4.69, 9.17) is 0 Å². The third kappa shape index (κ3) is 3.15. The van der Waals surface area contributed by atoms with Crippen LogP contribution >= 0.6 is 11.3 Å². The molecule has 0 bridgehead atoms. The zero-order valence-electron chi connectivity index (χ0n) is 17.9. The summed E-state index contributed by atoms with van der Waals surface area (Å²) in [5.74, 6) is 0. The van der Waals surface area contributed by atoms with E-state index in [1.54, 1.807) is 11.3 Å². The highest BCUT2D eigenvalue weighted by atomic mass is 32.1. The molecule has 164 valence electrons. The van der Waals surface area contributed by atoms with E-state index < -0.39 is 6.17 Å². The van der Waals surface area contributed by atoms with E-state index in [2.05, 4.69) is 62.7 Å². The predicted octanol–water partition coefficient (Wildman–Crippen LogP) is 3.66. The van der Waals surface area contributed by atoms with E-state index in [-0.39, 0.29) is 6.04 Å². The van der Waals surface area contributed by atoms with Crippen molar-refractivity contribution in [1.82, 2.24) is 15.2 Å². The number of anilines is 2. The zero-order valence-corrected chi connectivity index (χ0v) is 18.7. The molecule has 1 aromatic heterocycles. The number of nitrogens with zero attached hydrogens (tertiary/aromatic N) is 4. The van der Waals surface area contributed by atoms with Gasteiger partial charge in [-0.05, 0) is 42.3 Å². The minimum atomic E-state index is -0.848. The third-order valence-corrected chi connectivity index (χ3v) is 7.96. The van der Waals surface area contributed by atoms with Gasteiger partial charge in [0.15, 0.2) is 0 Å². The summed E-state index contributed by atoms with van der Waals surface area (Å²) in [4.78, 5) is 9.47. The Morgan fingerprint density at radius 3 is 2.97 bits per heavy atom. The summed E-state index contributed by atoms with van der Waals surface area (Å²) in [6.07, 6.45) is -0.848. The van der Waals surface area contributed by atoms with Crippen molar-refractivity contribution < 1.29 is 4.39 Å². The molecular weight excluding hydrogens is 423 g/mol. The molecule has 0 radical (unpaired) electrons. The Balaban J connectivity index is 1.29. The van der Waals surface area contributed by atoms with Gasteiger partial charge in [0.05, 0.1) is 33.5 Å². The van der Waals surface area contributed by atoms with Crippen LogP contribution in [0.15, 0.2) is 35.8 Å². The molecule has 6 rings (SSSR count). The first-order valence-electron chi connectivity index (χ1n) is 11.1. The molecule has 3 aliphatic heterocycles. The highest BCUT2D eigenvalue weighted by molar-refractivity contribution is 7.17. The minimum Gasteiger partial charge on any atom is -0.378 e. The average Bonchev–Trinajstić information content (AvgIpc) is 3.52. The molecule has 3 aromatic rings. The normalized spacial score (nSPS) is 27.3. The predicted molar refractivity (Wildman–Crippen MR) is 126 cm³/mol. The van der Waals surface area contributed by atoms with Crippen LogP contribution in [0.4, 0.5) is 15.8 Å².